The van der Waals surface area contributed by atoms with Gasteiger partial charge in [-0.25, -0.2) is 9.97 Å². The highest BCUT2D eigenvalue weighted by molar-refractivity contribution is 5.26. The summed E-state index contributed by atoms with van der Waals surface area (Å²) in [6, 6.07) is 0.650. The fourth-order valence-electron chi connectivity index (χ4n) is 1.94. The van der Waals surface area contributed by atoms with Crippen LogP contribution in [0.25, 0.3) is 0 Å². The quantitative estimate of drug-likeness (QED) is 0.791. The van der Waals surface area contributed by atoms with Gasteiger partial charge in [-0.05, 0) is 19.8 Å². The van der Waals surface area contributed by atoms with Crippen LogP contribution in [0.3, 0.4) is 0 Å². The molecule has 1 N–H and O–H groups in total. The lowest BCUT2D eigenvalue weighted by molar-refractivity contribution is 0.0906. The fraction of sp³-hybridized carbons (Fsp3) is 0.733. The van der Waals surface area contributed by atoms with Crippen LogP contribution in [-0.4, -0.2) is 35.8 Å². The fourth-order valence-corrected chi connectivity index (χ4v) is 1.94. The molecule has 1 saturated carbocycles. The van der Waals surface area contributed by atoms with Gasteiger partial charge in [0.25, 0.3) is 0 Å². The summed E-state index contributed by atoms with van der Waals surface area (Å²) in [5.41, 5.74) is 0.943. The molecule has 0 aliphatic heterocycles. The molecular formula is C15H25N3O2. The van der Waals surface area contributed by atoms with Crippen molar-refractivity contribution in [3.63, 3.8) is 0 Å². The molecule has 112 valence electrons. The van der Waals surface area contributed by atoms with Crippen molar-refractivity contribution in [2.45, 2.75) is 58.2 Å². The lowest BCUT2D eigenvalue weighted by Crippen LogP contribution is -2.22. The van der Waals surface area contributed by atoms with E-state index >= 15 is 0 Å². The number of methoxy groups -OCH3 is 1. The Labute approximate surface area is 121 Å². The van der Waals surface area contributed by atoms with E-state index in [-0.39, 0.29) is 6.10 Å². The van der Waals surface area contributed by atoms with Crippen molar-refractivity contribution in [2.75, 3.05) is 13.7 Å². The summed E-state index contributed by atoms with van der Waals surface area (Å²) in [5, 5.41) is 3.48. The molecule has 1 heterocycles. The second kappa shape index (κ2) is 6.99. The second-order valence-corrected chi connectivity index (χ2v) is 5.73. The summed E-state index contributed by atoms with van der Waals surface area (Å²) in [6.07, 6.45) is 4.31. The van der Waals surface area contributed by atoms with Crippen molar-refractivity contribution in [1.82, 2.24) is 15.3 Å². The van der Waals surface area contributed by atoms with Gasteiger partial charge in [-0.2, -0.15) is 0 Å². The minimum absolute atomic E-state index is 0.00632. The van der Waals surface area contributed by atoms with Crippen LogP contribution in [0, 0.1) is 0 Å². The molecule has 0 aromatic carbocycles. The van der Waals surface area contributed by atoms with Gasteiger partial charge >= 0.3 is 0 Å². The maximum absolute atomic E-state index is 5.88. The molecule has 0 bridgehead atoms. The minimum Gasteiger partial charge on any atom is -0.485 e. The Morgan fingerprint density at radius 2 is 2.10 bits per heavy atom. The third kappa shape index (κ3) is 4.42. The van der Waals surface area contributed by atoms with Gasteiger partial charge in [-0.15, -0.1) is 0 Å². The number of ether oxygens (including phenoxy) is 2. The Morgan fingerprint density at radius 1 is 1.35 bits per heavy atom. The summed E-state index contributed by atoms with van der Waals surface area (Å²) < 4.78 is 11.0. The van der Waals surface area contributed by atoms with Crippen LogP contribution < -0.4 is 10.1 Å². The normalized spacial score (nSPS) is 16.4. The lowest BCUT2D eigenvalue weighted by atomic mass is 10.2. The second-order valence-electron chi connectivity index (χ2n) is 5.73. The third-order valence-corrected chi connectivity index (χ3v) is 3.23. The van der Waals surface area contributed by atoms with Gasteiger partial charge in [0.15, 0.2) is 5.75 Å². The smallest absolute Gasteiger partial charge is 0.160 e. The molecule has 1 aromatic heterocycles. The molecule has 1 atom stereocenters. The molecule has 1 fully saturated rings. The summed E-state index contributed by atoms with van der Waals surface area (Å²) >= 11 is 0. The van der Waals surface area contributed by atoms with Crippen molar-refractivity contribution in [1.29, 1.82) is 0 Å². The zero-order valence-corrected chi connectivity index (χ0v) is 12.8. The molecule has 0 amide bonds. The number of nitrogens with zero attached hydrogens (tertiary/aromatic N) is 2. The molecule has 5 heteroatoms. The van der Waals surface area contributed by atoms with E-state index in [4.69, 9.17) is 9.47 Å². The van der Waals surface area contributed by atoms with Crippen LogP contribution in [0.4, 0.5) is 0 Å². The van der Waals surface area contributed by atoms with Crippen LogP contribution in [0.5, 0.6) is 5.75 Å². The van der Waals surface area contributed by atoms with Gasteiger partial charge in [-0.1, -0.05) is 13.8 Å². The number of hydrogen-bond acceptors (Lipinski definition) is 5. The summed E-state index contributed by atoms with van der Waals surface area (Å²) in [5.74, 6) is 1.94. The standard InChI is InChI=1S/C15H25N3O2/c1-10(2)15-17-8-14(20-11(3)9-19-4)13(18-15)7-16-12-5-6-12/h8,10-12,16H,5-7,9H2,1-4H3. The lowest BCUT2D eigenvalue weighted by Gasteiger charge is -2.17. The number of rotatable bonds is 8. The maximum Gasteiger partial charge on any atom is 0.160 e. The Kier molecular flexibility index (Phi) is 5.31. The third-order valence-electron chi connectivity index (χ3n) is 3.23. The summed E-state index contributed by atoms with van der Waals surface area (Å²) in [7, 11) is 1.67. The molecule has 2 rings (SSSR count). The van der Waals surface area contributed by atoms with Gasteiger partial charge in [0.05, 0.1) is 18.5 Å². The first-order valence-electron chi connectivity index (χ1n) is 7.35. The first kappa shape index (κ1) is 15.2. The highest BCUT2D eigenvalue weighted by atomic mass is 16.5. The van der Waals surface area contributed by atoms with Crippen LogP contribution in [0.1, 0.15) is 51.0 Å². The van der Waals surface area contributed by atoms with Gasteiger partial charge < -0.3 is 14.8 Å². The molecule has 1 aromatic rings. The molecular weight excluding hydrogens is 254 g/mol. The molecule has 20 heavy (non-hydrogen) atoms. The summed E-state index contributed by atoms with van der Waals surface area (Å²) in [4.78, 5) is 9.04. The van der Waals surface area contributed by atoms with Gasteiger partial charge in [-0.3, -0.25) is 0 Å². The highest BCUT2D eigenvalue weighted by Gasteiger charge is 2.22. The molecule has 0 saturated heterocycles. The molecule has 1 aliphatic rings. The van der Waals surface area contributed by atoms with Crippen molar-refractivity contribution < 1.29 is 9.47 Å². The number of hydrogen-bond donors (Lipinski definition) is 1. The van der Waals surface area contributed by atoms with E-state index in [1.807, 2.05) is 6.92 Å². The Hall–Kier alpha value is -1.20. The van der Waals surface area contributed by atoms with E-state index in [0.29, 0.717) is 18.6 Å². The molecule has 0 spiro atoms. The number of aromatic nitrogens is 2. The molecule has 1 unspecified atom stereocenters. The minimum atomic E-state index is -0.00632. The zero-order chi connectivity index (χ0) is 14.5. The summed E-state index contributed by atoms with van der Waals surface area (Å²) in [6.45, 7) is 7.48. The predicted molar refractivity (Wildman–Crippen MR) is 77.9 cm³/mol. The van der Waals surface area contributed by atoms with Gasteiger partial charge in [0.1, 0.15) is 11.9 Å². The SMILES string of the molecule is COCC(C)Oc1cnc(C(C)C)nc1CNC1CC1. The zero-order valence-electron chi connectivity index (χ0n) is 12.8. The van der Waals surface area contributed by atoms with Crippen LogP contribution >= 0.6 is 0 Å². The van der Waals surface area contributed by atoms with E-state index < -0.39 is 0 Å². The Balaban J connectivity index is 2.09. The number of nitrogens with one attached hydrogen (secondary N) is 1. The highest BCUT2D eigenvalue weighted by Crippen LogP contribution is 2.23. The van der Waals surface area contributed by atoms with Crippen LogP contribution in [0.15, 0.2) is 6.20 Å². The van der Waals surface area contributed by atoms with E-state index in [1.165, 1.54) is 12.8 Å². The topological polar surface area (TPSA) is 56.3 Å². The van der Waals surface area contributed by atoms with Gasteiger partial charge in [0, 0.05) is 25.6 Å². The Bertz CT molecular complexity index is 433. The van der Waals surface area contributed by atoms with E-state index in [0.717, 1.165) is 23.8 Å². The predicted octanol–water partition coefficient (Wildman–Crippen LogP) is 2.27. The van der Waals surface area contributed by atoms with E-state index in [9.17, 15) is 0 Å². The molecule has 0 radical (unpaired) electrons. The monoisotopic (exact) mass is 279 g/mol. The average Bonchev–Trinajstić information content (AvgIpc) is 3.21. The Morgan fingerprint density at radius 3 is 2.70 bits per heavy atom. The maximum atomic E-state index is 5.88. The van der Waals surface area contributed by atoms with Gasteiger partial charge in [0.2, 0.25) is 0 Å². The van der Waals surface area contributed by atoms with Crippen molar-refractivity contribution in [3.8, 4) is 5.75 Å². The average molecular weight is 279 g/mol. The molecule has 1 aliphatic carbocycles. The van der Waals surface area contributed by atoms with Crippen LogP contribution in [0.2, 0.25) is 0 Å². The first-order chi connectivity index (χ1) is 9.60. The van der Waals surface area contributed by atoms with Crippen LogP contribution in [-0.2, 0) is 11.3 Å². The van der Waals surface area contributed by atoms with E-state index in [2.05, 4.69) is 29.1 Å². The van der Waals surface area contributed by atoms with Crippen molar-refractivity contribution in [2.24, 2.45) is 0 Å². The largest absolute Gasteiger partial charge is 0.485 e. The van der Waals surface area contributed by atoms with E-state index in [1.54, 1.807) is 13.3 Å². The molecule has 5 nitrogen and oxygen atoms in total. The van der Waals surface area contributed by atoms with Crippen molar-refractivity contribution >= 4 is 0 Å². The first-order valence-corrected chi connectivity index (χ1v) is 7.35. The van der Waals surface area contributed by atoms with Crippen molar-refractivity contribution in [3.05, 3.63) is 17.7 Å².